The molecule has 2 N–H and O–H groups in total. The third kappa shape index (κ3) is 8.04. The second kappa shape index (κ2) is 13.6. The molecule has 0 aliphatic carbocycles. The first-order valence-electron chi connectivity index (χ1n) is 12.0. The zero-order valence-electron chi connectivity index (χ0n) is 20.0. The Morgan fingerprint density at radius 3 is 2.29 bits per heavy atom. The van der Waals surface area contributed by atoms with Crippen molar-refractivity contribution in [2.45, 2.75) is 38.7 Å². The van der Waals surface area contributed by atoms with E-state index in [2.05, 4.69) is 29.0 Å². The quantitative estimate of drug-likeness (QED) is 0.294. The fraction of sp³-hybridized carbons (Fsp3) is 0.462. The number of unbranched alkanes of at least 4 members (excludes halogenated alkanes) is 3. The molecule has 8 heteroatoms. The Labute approximate surface area is 202 Å². The number of ether oxygens (including phenoxy) is 1. The van der Waals surface area contributed by atoms with Gasteiger partial charge in [-0.25, -0.2) is 10.3 Å². The second-order valence-corrected chi connectivity index (χ2v) is 8.70. The van der Waals surface area contributed by atoms with Crippen molar-refractivity contribution in [2.24, 2.45) is 0 Å². The van der Waals surface area contributed by atoms with Crippen LogP contribution in [0.3, 0.4) is 0 Å². The highest BCUT2D eigenvalue weighted by Gasteiger charge is 2.19. The lowest BCUT2D eigenvalue weighted by atomic mass is 10.1. The van der Waals surface area contributed by atoms with Crippen molar-refractivity contribution in [1.29, 1.82) is 0 Å². The van der Waals surface area contributed by atoms with Crippen LogP contribution in [0.2, 0.25) is 0 Å². The number of amides is 2. The third-order valence-electron chi connectivity index (χ3n) is 6.12. The monoisotopic (exact) mass is 468 g/mol. The molecule has 2 aromatic carbocycles. The molecule has 0 radical (unpaired) electrons. The van der Waals surface area contributed by atoms with Gasteiger partial charge in [-0.15, -0.1) is 0 Å². The molecule has 2 amide bonds. The van der Waals surface area contributed by atoms with E-state index in [0.717, 1.165) is 62.4 Å². The molecule has 0 aromatic heterocycles. The molecule has 2 aromatic rings. The number of hydrogen-bond acceptors (Lipinski definition) is 6. The molecule has 1 aliphatic heterocycles. The SMILES string of the molecule is CN1CCN(c2ccc(N(CCCCCCC(=O)NO)C(=O)OCc3ccccc3)cc2)CC1. The van der Waals surface area contributed by atoms with E-state index in [1.807, 2.05) is 42.5 Å². The maximum absolute atomic E-state index is 13.0. The van der Waals surface area contributed by atoms with E-state index in [1.54, 1.807) is 10.4 Å². The highest BCUT2D eigenvalue weighted by atomic mass is 16.6. The highest BCUT2D eigenvalue weighted by molar-refractivity contribution is 5.87. The number of nitrogens with zero attached hydrogens (tertiary/aromatic N) is 3. The second-order valence-electron chi connectivity index (χ2n) is 8.70. The van der Waals surface area contributed by atoms with Crippen molar-refractivity contribution in [2.75, 3.05) is 49.6 Å². The molecule has 3 rings (SSSR count). The molecule has 0 bridgehead atoms. The van der Waals surface area contributed by atoms with E-state index in [-0.39, 0.29) is 18.6 Å². The smallest absolute Gasteiger partial charge is 0.414 e. The number of anilines is 2. The summed E-state index contributed by atoms with van der Waals surface area (Å²) in [7, 11) is 2.14. The van der Waals surface area contributed by atoms with E-state index < -0.39 is 0 Å². The van der Waals surface area contributed by atoms with Gasteiger partial charge in [0.15, 0.2) is 0 Å². The number of hydroxylamine groups is 1. The zero-order valence-corrected chi connectivity index (χ0v) is 20.0. The van der Waals surface area contributed by atoms with Crippen molar-refractivity contribution < 1.29 is 19.5 Å². The van der Waals surface area contributed by atoms with Gasteiger partial charge in [0.2, 0.25) is 5.91 Å². The van der Waals surface area contributed by atoms with Crippen LogP contribution < -0.4 is 15.3 Å². The van der Waals surface area contributed by atoms with Gasteiger partial charge in [0.1, 0.15) is 6.61 Å². The molecule has 0 unspecified atom stereocenters. The van der Waals surface area contributed by atoms with Crippen molar-refractivity contribution in [1.82, 2.24) is 10.4 Å². The Hall–Kier alpha value is -3.10. The number of hydrogen-bond donors (Lipinski definition) is 2. The third-order valence-corrected chi connectivity index (χ3v) is 6.12. The lowest BCUT2D eigenvalue weighted by Crippen LogP contribution is -2.44. The minimum Gasteiger partial charge on any atom is -0.444 e. The average molecular weight is 469 g/mol. The maximum Gasteiger partial charge on any atom is 0.414 e. The zero-order chi connectivity index (χ0) is 24.2. The number of carbonyl (C=O) groups is 2. The molecule has 0 atom stereocenters. The molecule has 1 heterocycles. The number of carbonyl (C=O) groups excluding carboxylic acids is 2. The summed E-state index contributed by atoms with van der Waals surface area (Å²) in [4.78, 5) is 30.5. The fourth-order valence-electron chi connectivity index (χ4n) is 4.00. The Balaban J connectivity index is 1.59. The largest absolute Gasteiger partial charge is 0.444 e. The van der Waals surface area contributed by atoms with Crippen molar-refractivity contribution in [3.05, 3.63) is 60.2 Å². The summed E-state index contributed by atoms with van der Waals surface area (Å²) in [5, 5.41) is 8.58. The summed E-state index contributed by atoms with van der Waals surface area (Å²) >= 11 is 0. The molecule has 1 fully saturated rings. The van der Waals surface area contributed by atoms with Gasteiger partial charge in [-0.2, -0.15) is 0 Å². The van der Waals surface area contributed by atoms with Crippen LogP contribution in [0.1, 0.15) is 37.7 Å². The Morgan fingerprint density at radius 1 is 0.941 bits per heavy atom. The minimum atomic E-state index is -0.369. The molecule has 1 aliphatic rings. The van der Waals surface area contributed by atoms with Crippen LogP contribution in [0.5, 0.6) is 0 Å². The van der Waals surface area contributed by atoms with Gasteiger partial charge < -0.3 is 14.5 Å². The van der Waals surface area contributed by atoms with Gasteiger partial charge in [0.25, 0.3) is 0 Å². The van der Waals surface area contributed by atoms with E-state index in [4.69, 9.17) is 9.94 Å². The van der Waals surface area contributed by atoms with E-state index in [0.29, 0.717) is 19.4 Å². The van der Waals surface area contributed by atoms with E-state index >= 15 is 0 Å². The lowest BCUT2D eigenvalue weighted by molar-refractivity contribution is -0.129. The van der Waals surface area contributed by atoms with Gasteiger partial charge in [-0.3, -0.25) is 14.9 Å². The van der Waals surface area contributed by atoms with Crippen LogP contribution >= 0.6 is 0 Å². The van der Waals surface area contributed by atoms with Crippen LogP contribution in [-0.2, 0) is 16.1 Å². The highest BCUT2D eigenvalue weighted by Crippen LogP contribution is 2.23. The fourth-order valence-corrected chi connectivity index (χ4v) is 4.00. The number of benzene rings is 2. The number of rotatable bonds is 11. The summed E-state index contributed by atoms with van der Waals surface area (Å²) in [6.07, 6.45) is 3.15. The molecule has 0 spiro atoms. The maximum atomic E-state index is 13.0. The predicted octanol–water partition coefficient (Wildman–Crippen LogP) is 4.04. The van der Waals surface area contributed by atoms with Crippen LogP contribution in [0.15, 0.2) is 54.6 Å². The van der Waals surface area contributed by atoms with Crippen molar-refractivity contribution in [3.63, 3.8) is 0 Å². The van der Waals surface area contributed by atoms with Gasteiger partial charge in [-0.1, -0.05) is 43.2 Å². The number of likely N-dealkylation sites (N-methyl/N-ethyl adjacent to an activating group) is 1. The summed E-state index contributed by atoms with van der Waals surface area (Å²) in [6, 6.07) is 17.8. The molecule has 1 saturated heterocycles. The first-order valence-corrected chi connectivity index (χ1v) is 12.0. The van der Waals surface area contributed by atoms with Crippen molar-refractivity contribution >= 4 is 23.4 Å². The van der Waals surface area contributed by atoms with Crippen molar-refractivity contribution in [3.8, 4) is 0 Å². The minimum absolute atomic E-state index is 0.228. The van der Waals surface area contributed by atoms with E-state index in [9.17, 15) is 9.59 Å². The summed E-state index contributed by atoms with van der Waals surface area (Å²) in [5.74, 6) is -0.369. The Bertz CT molecular complexity index is 883. The molecule has 8 nitrogen and oxygen atoms in total. The van der Waals surface area contributed by atoms with Crippen LogP contribution in [0.25, 0.3) is 0 Å². The number of nitrogens with one attached hydrogen (secondary N) is 1. The number of piperazine rings is 1. The summed E-state index contributed by atoms with van der Waals surface area (Å²) < 4.78 is 5.62. The van der Waals surface area contributed by atoms with Gasteiger partial charge in [0.05, 0.1) is 0 Å². The first-order chi connectivity index (χ1) is 16.6. The van der Waals surface area contributed by atoms with Gasteiger partial charge in [0, 0.05) is 50.5 Å². The molecular weight excluding hydrogens is 432 g/mol. The van der Waals surface area contributed by atoms with Crippen LogP contribution in [-0.4, -0.2) is 61.9 Å². The Morgan fingerprint density at radius 2 is 1.62 bits per heavy atom. The summed E-state index contributed by atoms with van der Waals surface area (Å²) in [6.45, 7) is 4.83. The molecule has 184 valence electrons. The van der Waals surface area contributed by atoms with Gasteiger partial charge in [-0.05, 0) is 49.7 Å². The van der Waals surface area contributed by atoms with Crippen LogP contribution in [0, 0.1) is 0 Å². The topological polar surface area (TPSA) is 85.4 Å². The molecule has 34 heavy (non-hydrogen) atoms. The Kier molecular flexibility index (Phi) is 10.2. The lowest BCUT2D eigenvalue weighted by Gasteiger charge is -2.34. The molecular formula is C26H36N4O4. The average Bonchev–Trinajstić information content (AvgIpc) is 2.88. The van der Waals surface area contributed by atoms with Gasteiger partial charge >= 0.3 is 6.09 Å². The van der Waals surface area contributed by atoms with E-state index in [1.165, 1.54) is 0 Å². The predicted molar refractivity (Wildman–Crippen MR) is 133 cm³/mol. The standard InChI is InChI=1S/C26H36N4O4/c1-28-17-19-29(20-18-28)23-12-14-24(15-13-23)30(16-8-3-2-7-11-25(31)27-33)26(32)34-21-22-9-5-4-6-10-22/h4-6,9-10,12-15,33H,2-3,7-8,11,16-21H2,1H3,(H,27,31). The first kappa shape index (κ1) is 25.5. The normalized spacial score (nSPS) is 14.0. The summed E-state index contributed by atoms with van der Waals surface area (Å²) in [5.41, 5.74) is 4.58. The molecule has 0 saturated carbocycles. The van der Waals surface area contributed by atoms with Crippen LogP contribution in [0.4, 0.5) is 16.2 Å².